The first-order chi connectivity index (χ1) is 6.40. The minimum absolute atomic E-state index is 0.0305. The number of hydrogen-bond acceptors (Lipinski definition) is 3. The molecular formula is C10H18NO3+. The predicted molar refractivity (Wildman–Crippen MR) is 52.5 cm³/mol. The first-order valence-electron chi connectivity index (χ1n) is 4.75. The van der Waals surface area contributed by atoms with E-state index in [0.717, 1.165) is 0 Å². The smallest absolute Gasteiger partial charge is 0.414 e. The molecule has 0 bridgehead atoms. The number of ether oxygens (including phenoxy) is 1. The van der Waals surface area contributed by atoms with E-state index in [1.807, 2.05) is 32.9 Å². The molecule has 0 atom stereocenters. The Balaban J connectivity index is 2.67. The lowest BCUT2D eigenvalue weighted by atomic mass is 10.2. The van der Waals surface area contributed by atoms with Crippen molar-refractivity contribution in [1.29, 1.82) is 0 Å². The molecule has 4 heteroatoms. The maximum Gasteiger partial charge on any atom is 0.518 e. The summed E-state index contributed by atoms with van der Waals surface area (Å²) < 4.78 is 5.22. The van der Waals surface area contributed by atoms with Crippen molar-refractivity contribution < 1.29 is 19.1 Å². The van der Waals surface area contributed by atoms with Gasteiger partial charge in [0, 0.05) is 0 Å². The number of amides is 1. The first kappa shape index (κ1) is 11.2. The monoisotopic (exact) mass is 200 g/mol. The third-order valence-corrected chi connectivity index (χ3v) is 2.13. The average Bonchev–Trinajstić information content (AvgIpc) is 2.49. The van der Waals surface area contributed by atoms with Crippen molar-refractivity contribution in [2.75, 3.05) is 19.8 Å². The Morgan fingerprint density at radius 3 is 2.29 bits per heavy atom. The lowest BCUT2D eigenvalue weighted by molar-refractivity contribution is -0.861. The van der Waals surface area contributed by atoms with E-state index in [1.54, 1.807) is 0 Å². The standard InChI is InChI=1S/C10H18NO3/c1-10(2,3)14-9(13)11(8-12)6-4-5-7-11/h4-5,12H,6-8H2,1-3H3/q+1. The van der Waals surface area contributed by atoms with Crippen LogP contribution < -0.4 is 0 Å². The summed E-state index contributed by atoms with van der Waals surface area (Å²) in [6, 6.07) is 0. The number of quaternary nitrogens is 1. The number of hydrogen-bond donors (Lipinski definition) is 1. The summed E-state index contributed by atoms with van der Waals surface area (Å²) >= 11 is 0. The highest BCUT2D eigenvalue weighted by molar-refractivity contribution is 5.60. The van der Waals surface area contributed by atoms with Crippen LogP contribution in [0.25, 0.3) is 0 Å². The van der Waals surface area contributed by atoms with Crippen molar-refractivity contribution >= 4 is 6.09 Å². The van der Waals surface area contributed by atoms with Gasteiger partial charge in [-0.15, -0.1) is 0 Å². The van der Waals surface area contributed by atoms with E-state index in [9.17, 15) is 9.90 Å². The highest BCUT2D eigenvalue weighted by atomic mass is 16.6. The Labute approximate surface area is 84.4 Å². The Morgan fingerprint density at radius 1 is 1.43 bits per heavy atom. The van der Waals surface area contributed by atoms with Crippen LogP contribution >= 0.6 is 0 Å². The van der Waals surface area contributed by atoms with Crippen LogP contribution in [0, 0.1) is 0 Å². The first-order valence-corrected chi connectivity index (χ1v) is 4.75. The molecule has 0 unspecified atom stereocenters. The van der Waals surface area contributed by atoms with Crippen LogP contribution in [0.3, 0.4) is 0 Å². The van der Waals surface area contributed by atoms with Gasteiger partial charge >= 0.3 is 6.09 Å². The van der Waals surface area contributed by atoms with Crippen molar-refractivity contribution in [3.63, 3.8) is 0 Å². The fourth-order valence-corrected chi connectivity index (χ4v) is 1.31. The molecule has 0 spiro atoms. The van der Waals surface area contributed by atoms with Gasteiger partial charge in [0.2, 0.25) is 0 Å². The Hall–Kier alpha value is -0.870. The van der Waals surface area contributed by atoms with E-state index >= 15 is 0 Å². The molecule has 0 radical (unpaired) electrons. The summed E-state index contributed by atoms with van der Waals surface area (Å²) in [6.07, 6.45) is 3.42. The van der Waals surface area contributed by atoms with E-state index < -0.39 is 5.60 Å². The Morgan fingerprint density at radius 2 is 1.93 bits per heavy atom. The summed E-state index contributed by atoms with van der Waals surface area (Å²) in [7, 11) is 0. The highest BCUT2D eigenvalue weighted by Gasteiger charge is 2.40. The third-order valence-electron chi connectivity index (χ3n) is 2.13. The van der Waals surface area contributed by atoms with Crippen molar-refractivity contribution in [1.82, 2.24) is 0 Å². The largest absolute Gasteiger partial charge is 0.518 e. The molecule has 4 nitrogen and oxygen atoms in total. The number of aliphatic hydroxyl groups excluding tert-OH is 1. The zero-order chi connectivity index (χ0) is 10.8. The molecule has 0 aromatic carbocycles. The normalized spacial score (nSPS) is 19.7. The maximum absolute atomic E-state index is 11.8. The second-order valence-corrected chi connectivity index (χ2v) is 4.60. The molecule has 0 saturated carbocycles. The van der Waals surface area contributed by atoms with Crippen molar-refractivity contribution in [2.45, 2.75) is 26.4 Å². The Bertz CT molecular complexity index is 245. The molecule has 0 aromatic rings. The van der Waals surface area contributed by atoms with E-state index in [1.165, 1.54) is 0 Å². The van der Waals surface area contributed by atoms with Crippen LogP contribution in [0.1, 0.15) is 20.8 Å². The van der Waals surface area contributed by atoms with Crippen LogP contribution in [0.5, 0.6) is 0 Å². The zero-order valence-electron chi connectivity index (χ0n) is 8.99. The molecule has 0 aromatic heterocycles. The fourth-order valence-electron chi connectivity index (χ4n) is 1.31. The molecule has 0 fully saturated rings. The van der Waals surface area contributed by atoms with Gasteiger partial charge in [0.1, 0.15) is 18.7 Å². The topological polar surface area (TPSA) is 46.5 Å². The molecule has 0 aliphatic carbocycles. The summed E-state index contributed by atoms with van der Waals surface area (Å²) in [5.41, 5.74) is -0.500. The molecule has 1 aliphatic heterocycles. The summed E-state index contributed by atoms with van der Waals surface area (Å²) in [4.78, 5) is 11.8. The average molecular weight is 200 g/mol. The number of nitrogens with zero attached hydrogens (tertiary/aromatic N) is 1. The highest BCUT2D eigenvalue weighted by Crippen LogP contribution is 2.19. The van der Waals surface area contributed by atoms with Crippen LogP contribution in [0.2, 0.25) is 0 Å². The van der Waals surface area contributed by atoms with E-state index in [2.05, 4.69) is 0 Å². The maximum atomic E-state index is 11.8. The zero-order valence-corrected chi connectivity index (χ0v) is 8.99. The van der Waals surface area contributed by atoms with Gasteiger partial charge in [-0.3, -0.25) is 0 Å². The van der Waals surface area contributed by atoms with Crippen molar-refractivity contribution in [2.24, 2.45) is 0 Å². The van der Waals surface area contributed by atoms with E-state index in [0.29, 0.717) is 13.1 Å². The number of carbonyl (C=O) groups excluding carboxylic acids is 1. The molecule has 14 heavy (non-hydrogen) atoms. The predicted octanol–water partition coefficient (Wildman–Crippen LogP) is 1.26. The molecule has 1 N–H and O–H groups in total. The van der Waals surface area contributed by atoms with Gasteiger partial charge in [0.15, 0.2) is 6.73 Å². The number of rotatable bonds is 1. The summed E-state index contributed by atoms with van der Waals surface area (Å²) in [5, 5.41) is 9.22. The molecule has 80 valence electrons. The van der Waals surface area contributed by atoms with Crippen LogP contribution in [0.15, 0.2) is 12.2 Å². The number of aliphatic hydroxyl groups is 1. The van der Waals surface area contributed by atoms with Crippen LogP contribution in [-0.4, -0.2) is 41.1 Å². The minimum Gasteiger partial charge on any atom is -0.414 e. The number of carbonyl (C=O) groups is 1. The molecule has 1 aliphatic rings. The van der Waals surface area contributed by atoms with Crippen molar-refractivity contribution in [3.8, 4) is 0 Å². The van der Waals surface area contributed by atoms with Gasteiger partial charge in [0.25, 0.3) is 0 Å². The van der Waals surface area contributed by atoms with E-state index in [4.69, 9.17) is 4.74 Å². The van der Waals surface area contributed by atoms with Gasteiger partial charge in [0.05, 0.1) is 0 Å². The molecular weight excluding hydrogens is 182 g/mol. The minimum atomic E-state index is -0.500. The van der Waals surface area contributed by atoms with Crippen LogP contribution in [0.4, 0.5) is 4.79 Å². The quantitative estimate of drug-likeness (QED) is 0.512. The third kappa shape index (κ3) is 2.33. The van der Waals surface area contributed by atoms with Gasteiger partial charge in [-0.05, 0) is 32.9 Å². The molecule has 0 saturated heterocycles. The van der Waals surface area contributed by atoms with Gasteiger partial charge < -0.3 is 9.84 Å². The Kier molecular flexibility index (Phi) is 2.97. The lowest BCUT2D eigenvalue weighted by Gasteiger charge is -2.30. The SMILES string of the molecule is CC(C)(C)OC(=O)[N+]1(CO)CC=CC1. The van der Waals surface area contributed by atoms with Crippen molar-refractivity contribution in [3.05, 3.63) is 12.2 Å². The fraction of sp³-hybridized carbons (Fsp3) is 0.700. The second-order valence-electron chi connectivity index (χ2n) is 4.60. The second kappa shape index (κ2) is 3.71. The lowest BCUT2D eigenvalue weighted by Crippen LogP contribution is -2.53. The summed E-state index contributed by atoms with van der Waals surface area (Å²) in [6.45, 7) is 6.30. The molecule has 1 rings (SSSR count). The van der Waals surface area contributed by atoms with Gasteiger partial charge in [-0.25, -0.2) is 0 Å². The summed E-state index contributed by atoms with van der Waals surface area (Å²) in [5.74, 6) is 0. The molecule has 1 amide bonds. The van der Waals surface area contributed by atoms with Gasteiger partial charge in [-0.2, -0.15) is 9.28 Å². The molecule has 1 heterocycles. The van der Waals surface area contributed by atoms with Gasteiger partial charge in [-0.1, -0.05) is 0 Å². The van der Waals surface area contributed by atoms with E-state index in [-0.39, 0.29) is 17.3 Å². The van der Waals surface area contributed by atoms with Crippen LogP contribution in [-0.2, 0) is 4.74 Å².